The molecule has 194 valence electrons. The first-order chi connectivity index (χ1) is 18.4. The van der Waals surface area contributed by atoms with E-state index in [9.17, 15) is 4.79 Å². The summed E-state index contributed by atoms with van der Waals surface area (Å²) in [6, 6.07) is 14.0. The summed E-state index contributed by atoms with van der Waals surface area (Å²) >= 11 is 0. The van der Waals surface area contributed by atoms with Crippen molar-refractivity contribution in [2.24, 2.45) is 5.92 Å². The van der Waals surface area contributed by atoms with Crippen LogP contribution in [0.15, 0.2) is 47.4 Å². The zero-order chi connectivity index (χ0) is 26.4. The van der Waals surface area contributed by atoms with Crippen LogP contribution < -0.4 is 20.9 Å². The van der Waals surface area contributed by atoms with E-state index in [1.54, 1.807) is 21.6 Å². The van der Waals surface area contributed by atoms with E-state index in [1.165, 1.54) is 11.1 Å². The summed E-state index contributed by atoms with van der Waals surface area (Å²) in [6.45, 7) is 7.65. The van der Waals surface area contributed by atoms with Crippen molar-refractivity contribution in [2.45, 2.75) is 58.2 Å². The summed E-state index contributed by atoms with van der Waals surface area (Å²) in [7, 11) is 0. The third kappa shape index (κ3) is 4.19. The molecule has 2 N–H and O–H groups in total. The van der Waals surface area contributed by atoms with Crippen molar-refractivity contribution in [3.05, 3.63) is 64.1 Å². The number of nitrogens with zero attached hydrogens (tertiary/aromatic N) is 6. The van der Waals surface area contributed by atoms with Gasteiger partial charge in [0.25, 0.3) is 5.56 Å². The van der Waals surface area contributed by atoms with Crippen molar-refractivity contribution in [3.63, 3.8) is 0 Å². The Morgan fingerprint density at radius 2 is 2.08 bits per heavy atom. The second kappa shape index (κ2) is 9.26. The van der Waals surface area contributed by atoms with Gasteiger partial charge in [0, 0.05) is 42.9 Å². The van der Waals surface area contributed by atoms with Gasteiger partial charge in [-0.15, -0.1) is 0 Å². The number of fused-ring (bicyclic) bond motifs is 2. The number of rotatable bonds is 6. The lowest BCUT2D eigenvalue weighted by atomic mass is 9.83. The molecule has 0 radical (unpaired) electrons. The fourth-order valence-corrected chi connectivity index (χ4v) is 5.35. The van der Waals surface area contributed by atoms with Crippen molar-refractivity contribution in [1.82, 2.24) is 29.6 Å². The number of pyridine rings is 1. The Kier molecular flexibility index (Phi) is 5.88. The van der Waals surface area contributed by atoms with Crippen LogP contribution in [0.4, 0.5) is 11.6 Å². The van der Waals surface area contributed by atoms with Gasteiger partial charge in [0.15, 0.2) is 11.5 Å². The quantitative estimate of drug-likeness (QED) is 0.402. The number of nitrogens with one attached hydrogen (secondary N) is 2. The monoisotopic (exact) mass is 510 g/mol. The van der Waals surface area contributed by atoms with Crippen LogP contribution in [0, 0.1) is 17.2 Å². The molecule has 38 heavy (non-hydrogen) atoms. The minimum atomic E-state index is -0.179. The van der Waals surface area contributed by atoms with Crippen molar-refractivity contribution < 1.29 is 4.74 Å². The van der Waals surface area contributed by atoms with E-state index in [0.29, 0.717) is 48.1 Å². The predicted octanol–water partition coefficient (Wildman–Crippen LogP) is 3.80. The van der Waals surface area contributed by atoms with Gasteiger partial charge >= 0.3 is 0 Å². The van der Waals surface area contributed by atoms with Crippen LogP contribution in [0.5, 0.6) is 5.88 Å². The van der Waals surface area contributed by atoms with E-state index < -0.39 is 0 Å². The van der Waals surface area contributed by atoms with E-state index in [1.807, 2.05) is 25.1 Å². The van der Waals surface area contributed by atoms with Gasteiger partial charge in [-0.2, -0.15) is 15.2 Å². The van der Waals surface area contributed by atoms with E-state index in [-0.39, 0.29) is 23.1 Å². The Morgan fingerprint density at radius 3 is 2.87 bits per heavy atom. The van der Waals surface area contributed by atoms with Crippen LogP contribution in [0.25, 0.3) is 16.9 Å². The number of aromatic nitrogens is 5. The average Bonchev–Trinajstić information content (AvgIpc) is 3.16. The Morgan fingerprint density at radius 1 is 1.24 bits per heavy atom. The van der Waals surface area contributed by atoms with Crippen LogP contribution in [0.2, 0.25) is 0 Å². The molecule has 0 unspecified atom stereocenters. The molecular weight excluding hydrogens is 480 g/mol. The molecule has 1 aliphatic carbocycles. The van der Waals surface area contributed by atoms with E-state index in [2.05, 4.69) is 52.7 Å². The molecule has 1 aromatic carbocycles. The van der Waals surface area contributed by atoms with Gasteiger partial charge in [-0.05, 0) is 63.1 Å². The largest absolute Gasteiger partial charge is 0.474 e. The van der Waals surface area contributed by atoms with Crippen molar-refractivity contribution in [3.8, 4) is 17.8 Å². The molecule has 10 nitrogen and oxygen atoms in total. The molecule has 10 heteroatoms. The SMILES string of the molecule is CCn1c(=O)c2cnc(Nc3ccc4c(c3)CCNC4(C)C)nc2n1-c1cccc(OC2CC(C#N)C2)n1. The fourth-order valence-electron chi connectivity index (χ4n) is 5.35. The van der Waals surface area contributed by atoms with Gasteiger partial charge in [0.2, 0.25) is 11.8 Å². The third-order valence-electron chi connectivity index (χ3n) is 7.46. The third-order valence-corrected chi connectivity index (χ3v) is 7.46. The van der Waals surface area contributed by atoms with Crippen molar-refractivity contribution >= 4 is 22.7 Å². The van der Waals surface area contributed by atoms with Crippen molar-refractivity contribution in [1.29, 1.82) is 5.26 Å². The zero-order valence-corrected chi connectivity index (χ0v) is 21.7. The van der Waals surface area contributed by atoms with Crippen LogP contribution in [0.1, 0.15) is 44.7 Å². The van der Waals surface area contributed by atoms with Gasteiger partial charge in [0.05, 0.1) is 12.0 Å². The Balaban J connectivity index is 1.35. The topological polar surface area (TPSA) is 123 Å². The molecule has 1 saturated carbocycles. The number of hydrogen-bond donors (Lipinski definition) is 2. The number of nitriles is 1. The molecule has 0 atom stereocenters. The van der Waals surface area contributed by atoms with E-state index in [0.717, 1.165) is 18.7 Å². The van der Waals surface area contributed by atoms with Crippen LogP contribution in [0.3, 0.4) is 0 Å². The highest BCUT2D eigenvalue weighted by atomic mass is 16.5. The summed E-state index contributed by atoms with van der Waals surface area (Å²) in [6.07, 6.45) is 3.90. The number of benzene rings is 1. The molecule has 3 aromatic heterocycles. The second-order valence-corrected chi connectivity index (χ2v) is 10.4. The van der Waals surface area contributed by atoms with Crippen LogP contribution in [-0.2, 0) is 18.5 Å². The standard InChI is InChI=1S/C28H30N8O2/c1-4-35-26(37)21-16-30-27(32-19-8-9-22-18(14-19)10-11-31-28(22,2)3)34-25(21)36(35)23-6-5-7-24(33-23)38-20-12-17(13-20)15-29/h5-9,14,16-17,20,31H,4,10-13H2,1-3H3,(H,30,32,34). The maximum Gasteiger partial charge on any atom is 0.278 e. The van der Waals surface area contributed by atoms with Crippen LogP contribution in [-0.4, -0.2) is 37.0 Å². The lowest BCUT2D eigenvalue weighted by Crippen LogP contribution is -2.42. The predicted molar refractivity (Wildman–Crippen MR) is 144 cm³/mol. The molecule has 0 amide bonds. The maximum absolute atomic E-state index is 13.2. The molecule has 4 aromatic rings. The highest BCUT2D eigenvalue weighted by Crippen LogP contribution is 2.32. The molecule has 6 rings (SSSR count). The molecule has 1 fully saturated rings. The first kappa shape index (κ1) is 24.1. The number of hydrogen-bond acceptors (Lipinski definition) is 8. The van der Waals surface area contributed by atoms with Gasteiger partial charge in [-0.1, -0.05) is 12.1 Å². The molecule has 0 bridgehead atoms. The van der Waals surface area contributed by atoms with Crippen LogP contribution >= 0.6 is 0 Å². The fraction of sp³-hybridized carbons (Fsp3) is 0.393. The average molecular weight is 511 g/mol. The molecule has 0 spiro atoms. The summed E-state index contributed by atoms with van der Waals surface area (Å²) in [4.78, 5) is 27.0. The first-order valence-corrected chi connectivity index (χ1v) is 13.0. The first-order valence-electron chi connectivity index (χ1n) is 13.0. The lowest BCUT2D eigenvalue weighted by molar-refractivity contribution is 0.0845. The summed E-state index contributed by atoms with van der Waals surface area (Å²) in [5, 5.41) is 16.3. The van der Waals surface area contributed by atoms with E-state index >= 15 is 0 Å². The molecule has 1 aliphatic heterocycles. The zero-order valence-electron chi connectivity index (χ0n) is 21.7. The maximum atomic E-state index is 13.2. The highest BCUT2D eigenvalue weighted by Gasteiger charge is 2.31. The number of anilines is 2. The smallest absolute Gasteiger partial charge is 0.278 e. The molecule has 2 aliphatic rings. The van der Waals surface area contributed by atoms with Gasteiger partial charge in [0.1, 0.15) is 11.5 Å². The van der Waals surface area contributed by atoms with Gasteiger partial charge in [-0.25, -0.2) is 14.3 Å². The minimum absolute atomic E-state index is 0.0201. The molecule has 0 saturated heterocycles. The lowest BCUT2D eigenvalue weighted by Gasteiger charge is -2.34. The highest BCUT2D eigenvalue weighted by molar-refractivity contribution is 5.77. The molecule has 4 heterocycles. The number of ether oxygens (including phenoxy) is 1. The Bertz CT molecular complexity index is 1620. The minimum Gasteiger partial charge on any atom is -0.474 e. The van der Waals surface area contributed by atoms with Crippen molar-refractivity contribution in [2.75, 3.05) is 11.9 Å². The summed E-state index contributed by atoms with van der Waals surface area (Å²) in [5.41, 5.74) is 3.70. The molecular formula is C28H30N8O2. The summed E-state index contributed by atoms with van der Waals surface area (Å²) in [5.74, 6) is 1.43. The second-order valence-electron chi connectivity index (χ2n) is 10.4. The summed E-state index contributed by atoms with van der Waals surface area (Å²) < 4.78 is 9.30. The Hall–Kier alpha value is -4.23. The van der Waals surface area contributed by atoms with Gasteiger partial charge in [-0.3, -0.25) is 4.79 Å². The van der Waals surface area contributed by atoms with E-state index in [4.69, 9.17) is 15.0 Å². The van der Waals surface area contributed by atoms with Gasteiger partial charge < -0.3 is 15.4 Å². The Labute approximate surface area is 220 Å². The normalized spacial score (nSPS) is 19.8.